The molecule has 1 fully saturated rings. The highest BCUT2D eigenvalue weighted by Crippen LogP contribution is 2.17. The van der Waals surface area contributed by atoms with Crippen LogP contribution in [0.5, 0.6) is 0 Å². The normalized spacial score (nSPS) is 20.1. The van der Waals surface area contributed by atoms with Gasteiger partial charge in [-0.1, -0.05) is 0 Å². The Morgan fingerprint density at radius 3 is 2.36 bits per heavy atom. The molecule has 0 bridgehead atoms. The molecule has 1 N–H and O–H groups in total. The summed E-state index contributed by atoms with van der Waals surface area (Å²) in [5.41, 5.74) is 1.80. The molecule has 0 aliphatic carbocycles. The summed E-state index contributed by atoms with van der Waals surface area (Å²) in [5, 5.41) is 2.83. The first-order valence-corrected chi connectivity index (χ1v) is 9.07. The molecule has 1 atom stereocenters. The molecule has 0 radical (unpaired) electrons. The molecular weight excluding hydrogens is 302 g/mol. The average Bonchev–Trinajstić information content (AvgIpc) is 2.79. The van der Waals surface area contributed by atoms with Crippen LogP contribution < -0.4 is 10.2 Å². The van der Waals surface area contributed by atoms with Crippen LogP contribution in [0.2, 0.25) is 0 Å². The number of rotatable bonds is 5. The molecule has 6 nitrogen and oxygen atoms in total. The van der Waals surface area contributed by atoms with Crippen LogP contribution in [-0.2, 0) is 14.6 Å². The van der Waals surface area contributed by atoms with Gasteiger partial charge in [-0.25, -0.2) is 8.42 Å². The van der Waals surface area contributed by atoms with Gasteiger partial charge in [-0.2, -0.15) is 0 Å². The van der Waals surface area contributed by atoms with Crippen molar-refractivity contribution >= 4 is 27.1 Å². The lowest BCUT2D eigenvalue weighted by atomic mass is 10.2. The van der Waals surface area contributed by atoms with Gasteiger partial charge in [0.1, 0.15) is 0 Å². The zero-order chi connectivity index (χ0) is 16.3. The van der Waals surface area contributed by atoms with Crippen LogP contribution in [-0.4, -0.2) is 64.5 Å². The number of hydrogen-bond acceptors (Lipinski definition) is 5. The molecule has 122 valence electrons. The van der Waals surface area contributed by atoms with Crippen LogP contribution in [0.3, 0.4) is 0 Å². The van der Waals surface area contributed by atoms with Gasteiger partial charge in [0, 0.05) is 31.5 Å². The van der Waals surface area contributed by atoms with E-state index in [2.05, 4.69) is 5.32 Å². The van der Waals surface area contributed by atoms with E-state index in [0.29, 0.717) is 6.42 Å². The molecule has 1 aliphatic rings. The topological polar surface area (TPSA) is 69.7 Å². The second-order valence-electron chi connectivity index (χ2n) is 5.96. The Morgan fingerprint density at radius 1 is 1.23 bits per heavy atom. The Morgan fingerprint density at radius 2 is 1.86 bits per heavy atom. The third-order valence-electron chi connectivity index (χ3n) is 3.89. The molecule has 2 rings (SSSR count). The highest BCUT2D eigenvalue weighted by molar-refractivity contribution is 7.91. The number of nitrogens with zero attached hydrogens (tertiary/aromatic N) is 2. The first kappa shape index (κ1) is 16.8. The number of sulfone groups is 1. The molecule has 1 unspecified atom stereocenters. The molecule has 22 heavy (non-hydrogen) atoms. The summed E-state index contributed by atoms with van der Waals surface area (Å²) in [7, 11) is 2.78. The van der Waals surface area contributed by atoms with Crippen molar-refractivity contribution in [2.45, 2.75) is 12.5 Å². The standard InChI is InChI=1S/C15H23N3O3S/c1-17(2)13-6-4-12(5-7-13)16-15(19)10-18(3)14-8-9-22(20,21)11-14/h4-7,14H,8-11H2,1-3H3,(H,16,19). The van der Waals surface area contributed by atoms with Gasteiger partial charge in [0.2, 0.25) is 5.91 Å². The van der Waals surface area contributed by atoms with Crippen molar-refractivity contribution in [1.29, 1.82) is 0 Å². The molecule has 0 saturated carbocycles. The van der Waals surface area contributed by atoms with Gasteiger partial charge in [-0.05, 0) is 37.7 Å². The van der Waals surface area contributed by atoms with E-state index in [9.17, 15) is 13.2 Å². The summed E-state index contributed by atoms with van der Waals surface area (Å²) < 4.78 is 23.0. The van der Waals surface area contributed by atoms with E-state index in [0.717, 1.165) is 11.4 Å². The first-order chi connectivity index (χ1) is 10.3. The van der Waals surface area contributed by atoms with Gasteiger partial charge < -0.3 is 10.2 Å². The molecule has 1 heterocycles. The third kappa shape index (κ3) is 4.45. The predicted molar refractivity (Wildman–Crippen MR) is 89.1 cm³/mol. The van der Waals surface area contributed by atoms with E-state index in [1.54, 1.807) is 7.05 Å². The molecule has 1 aliphatic heterocycles. The number of amides is 1. The number of anilines is 2. The molecule has 1 aromatic rings. The fraction of sp³-hybridized carbons (Fsp3) is 0.533. The lowest BCUT2D eigenvalue weighted by molar-refractivity contribution is -0.117. The Bertz CT molecular complexity index is 626. The molecule has 1 saturated heterocycles. The minimum Gasteiger partial charge on any atom is -0.378 e. The SMILES string of the molecule is CN(C)c1ccc(NC(=O)CN(C)C2CCS(=O)(=O)C2)cc1. The Balaban J connectivity index is 1.87. The average molecular weight is 325 g/mol. The lowest BCUT2D eigenvalue weighted by Gasteiger charge is -2.22. The number of likely N-dealkylation sites (N-methyl/N-ethyl adjacent to an activating group) is 1. The number of nitrogens with one attached hydrogen (secondary N) is 1. The largest absolute Gasteiger partial charge is 0.378 e. The molecule has 1 amide bonds. The second kappa shape index (κ2) is 6.66. The van der Waals surface area contributed by atoms with Gasteiger partial charge in [0.05, 0.1) is 18.1 Å². The summed E-state index contributed by atoms with van der Waals surface area (Å²) in [4.78, 5) is 15.8. The quantitative estimate of drug-likeness (QED) is 0.867. The number of benzene rings is 1. The molecule has 1 aromatic carbocycles. The Hall–Kier alpha value is -1.60. The van der Waals surface area contributed by atoms with Gasteiger partial charge >= 0.3 is 0 Å². The highest BCUT2D eigenvalue weighted by atomic mass is 32.2. The first-order valence-electron chi connectivity index (χ1n) is 7.25. The summed E-state index contributed by atoms with van der Waals surface area (Å²) in [6.07, 6.45) is 0.601. The van der Waals surface area contributed by atoms with Crippen molar-refractivity contribution < 1.29 is 13.2 Å². The van der Waals surface area contributed by atoms with Crippen molar-refractivity contribution in [2.75, 3.05) is 49.4 Å². The molecule has 0 spiro atoms. The van der Waals surface area contributed by atoms with Crippen molar-refractivity contribution in [3.63, 3.8) is 0 Å². The van der Waals surface area contributed by atoms with Gasteiger partial charge in [-0.15, -0.1) is 0 Å². The fourth-order valence-corrected chi connectivity index (χ4v) is 4.33. The maximum atomic E-state index is 12.0. The Kier molecular flexibility index (Phi) is 5.08. The maximum absolute atomic E-state index is 12.0. The minimum atomic E-state index is -2.93. The summed E-state index contributed by atoms with van der Waals surface area (Å²) in [6.45, 7) is 0.190. The zero-order valence-electron chi connectivity index (χ0n) is 13.2. The minimum absolute atomic E-state index is 0.0631. The molecule has 0 aromatic heterocycles. The van der Waals surface area contributed by atoms with E-state index in [4.69, 9.17) is 0 Å². The van der Waals surface area contributed by atoms with Crippen molar-refractivity contribution in [1.82, 2.24) is 4.90 Å². The maximum Gasteiger partial charge on any atom is 0.238 e. The van der Waals surface area contributed by atoms with Crippen LogP contribution in [0, 0.1) is 0 Å². The van der Waals surface area contributed by atoms with E-state index >= 15 is 0 Å². The fourth-order valence-electron chi connectivity index (χ4n) is 2.52. The number of hydrogen-bond donors (Lipinski definition) is 1. The van der Waals surface area contributed by atoms with Crippen molar-refractivity contribution in [3.8, 4) is 0 Å². The lowest BCUT2D eigenvalue weighted by Crippen LogP contribution is -2.38. The summed E-state index contributed by atoms with van der Waals surface area (Å²) in [5.74, 6) is 0.230. The smallest absolute Gasteiger partial charge is 0.238 e. The predicted octanol–water partition coefficient (Wildman–Crippen LogP) is 0.810. The zero-order valence-corrected chi connectivity index (χ0v) is 14.1. The monoisotopic (exact) mass is 325 g/mol. The molecule has 7 heteroatoms. The van der Waals surface area contributed by atoms with Crippen LogP contribution >= 0.6 is 0 Å². The van der Waals surface area contributed by atoms with E-state index < -0.39 is 9.84 Å². The van der Waals surface area contributed by atoms with Crippen LogP contribution in [0.1, 0.15) is 6.42 Å². The number of carbonyl (C=O) groups is 1. The summed E-state index contributed by atoms with van der Waals surface area (Å²) in [6, 6.07) is 7.51. The highest BCUT2D eigenvalue weighted by Gasteiger charge is 2.31. The van der Waals surface area contributed by atoms with E-state index in [-0.39, 0.29) is 30.0 Å². The van der Waals surface area contributed by atoms with Crippen LogP contribution in [0.15, 0.2) is 24.3 Å². The second-order valence-corrected chi connectivity index (χ2v) is 8.19. The third-order valence-corrected chi connectivity index (χ3v) is 5.64. The van der Waals surface area contributed by atoms with Crippen molar-refractivity contribution in [2.24, 2.45) is 0 Å². The Labute approximate surface area is 132 Å². The summed E-state index contributed by atoms with van der Waals surface area (Å²) >= 11 is 0. The van der Waals surface area contributed by atoms with Gasteiger partial charge in [-0.3, -0.25) is 9.69 Å². The van der Waals surface area contributed by atoms with Crippen LogP contribution in [0.25, 0.3) is 0 Å². The van der Waals surface area contributed by atoms with Gasteiger partial charge in [0.15, 0.2) is 9.84 Å². The van der Waals surface area contributed by atoms with E-state index in [1.807, 2.05) is 48.2 Å². The number of carbonyl (C=O) groups excluding carboxylic acids is 1. The van der Waals surface area contributed by atoms with E-state index in [1.165, 1.54) is 0 Å². The van der Waals surface area contributed by atoms with Gasteiger partial charge in [0.25, 0.3) is 0 Å². The van der Waals surface area contributed by atoms with Crippen molar-refractivity contribution in [3.05, 3.63) is 24.3 Å². The molecular formula is C15H23N3O3S. The van der Waals surface area contributed by atoms with Crippen LogP contribution in [0.4, 0.5) is 11.4 Å².